The summed E-state index contributed by atoms with van der Waals surface area (Å²) in [5.41, 5.74) is 0. The Hall–Kier alpha value is -0.220. The van der Waals surface area contributed by atoms with Crippen LogP contribution in [0.5, 0.6) is 0 Å². The summed E-state index contributed by atoms with van der Waals surface area (Å²) < 4.78 is 0. The van der Waals surface area contributed by atoms with Crippen LogP contribution in [0.3, 0.4) is 0 Å². The zero-order valence-corrected chi connectivity index (χ0v) is 11.8. The summed E-state index contributed by atoms with van der Waals surface area (Å²) >= 11 is 1.92. The molecule has 2 aliphatic rings. The minimum absolute atomic E-state index is 0.281. The van der Waals surface area contributed by atoms with Crippen molar-refractivity contribution in [3.8, 4) is 0 Å². The summed E-state index contributed by atoms with van der Waals surface area (Å²) in [7, 11) is 0. The molecule has 0 bridgehead atoms. The van der Waals surface area contributed by atoms with E-state index < -0.39 is 0 Å². The van der Waals surface area contributed by atoms with E-state index in [2.05, 4.69) is 24.1 Å². The quantitative estimate of drug-likeness (QED) is 0.831. The smallest absolute Gasteiger partial charge is 0.226 e. The van der Waals surface area contributed by atoms with Crippen LogP contribution in [-0.4, -0.2) is 47.5 Å². The van der Waals surface area contributed by atoms with Crippen LogP contribution in [0.25, 0.3) is 0 Å². The Morgan fingerprint density at radius 1 is 1.47 bits per heavy atom. The first-order valence-electron chi connectivity index (χ1n) is 6.80. The van der Waals surface area contributed by atoms with Crippen molar-refractivity contribution in [3.05, 3.63) is 0 Å². The van der Waals surface area contributed by atoms with Gasteiger partial charge in [0.2, 0.25) is 5.91 Å². The van der Waals surface area contributed by atoms with Gasteiger partial charge in [0.15, 0.2) is 0 Å². The molecule has 4 heteroatoms. The van der Waals surface area contributed by atoms with Crippen molar-refractivity contribution in [3.63, 3.8) is 0 Å². The van der Waals surface area contributed by atoms with Crippen LogP contribution in [0.2, 0.25) is 0 Å². The van der Waals surface area contributed by atoms with Crippen molar-refractivity contribution in [1.82, 2.24) is 10.2 Å². The number of carbonyl (C=O) groups excluding carboxylic acids is 1. The first-order valence-corrected chi connectivity index (χ1v) is 7.95. The third kappa shape index (κ3) is 3.38. The van der Waals surface area contributed by atoms with Crippen LogP contribution in [0.4, 0.5) is 0 Å². The van der Waals surface area contributed by atoms with E-state index in [1.807, 2.05) is 11.8 Å². The van der Waals surface area contributed by atoms with Gasteiger partial charge in [-0.15, -0.1) is 0 Å². The molecule has 1 N–H and O–H groups in total. The second-order valence-corrected chi connectivity index (χ2v) is 6.59. The minimum atomic E-state index is 0.281. The van der Waals surface area contributed by atoms with Gasteiger partial charge in [0, 0.05) is 30.3 Å². The zero-order valence-electron chi connectivity index (χ0n) is 10.9. The Labute approximate surface area is 109 Å². The van der Waals surface area contributed by atoms with E-state index >= 15 is 0 Å². The van der Waals surface area contributed by atoms with Gasteiger partial charge in [-0.1, -0.05) is 0 Å². The number of thioether (sulfide) groups is 1. The normalized spacial score (nSPS) is 28.9. The minimum Gasteiger partial charge on any atom is -0.338 e. The van der Waals surface area contributed by atoms with Crippen molar-refractivity contribution in [2.24, 2.45) is 5.92 Å². The molecule has 1 amide bonds. The number of hydrogen-bond acceptors (Lipinski definition) is 3. The van der Waals surface area contributed by atoms with E-state index in [-0.39, 0.29) is 5.92 Å². The highest BCUT2D eigenvalue weighted by atomic mass is 32.2. The molecule has 0 aromatic heterocycles. The molecule has 2 aliphatic heterocycles. The topological polar surface area (TPSA) is 32.3 Å². The lowest BCUT2D eigenvalue weighted by Gasteiger charge is -2.31. The first-order chi connectivity index (χ1) is 8.18. The van der Waals surface area contributed by atoms with E-state index in [4.69, 9.17) is 0 Å². The fraction of sp³-hybridized carbons (Fsp3) is 0.923. The van der Waals surface area contributed by atoms with Crippen LogP contribution < -0.4 is 5.32 Å². The van der Waals surface area contributed by atoms with Gasteiger partial charge in [-0.2, -0.15) is 11.8 Å². The van der Waals surface area contributed by atoms with Crippen molar-refractivity contribution in [2.75, 3.05) is 24.6 Å². The second kappa shape index (κ2) is 6.10. The lowest BCUT2D eigenvalue weighted by Crippen LogP contribution is -2.47. The lowest BCUT2D eigenvalue weighted by molar-refractivity contribution is -0.136. The maximum atomic E-state index is 12.5. The summed E-state index contributed by atoms with van der Waals surface area (Å²) in [5.74, 6) is 2.85. The molecule has 3 nitrogen and oxygen atoms in total. The molecule has 2 fully saturated rings. The average Bonchev–Trinajstić information content (AvgIpc) is 2.97. The highest BCUT2D eigenvalue weighted by molar-refractivity contribution is 7.99. The molecule has 2 heterocycles. The second-order valence-electron chi connectivity index (χ2n) is 5.44. The predicted molar refractivity (Wildman–Crippen MR) is 73.3 cm³/mol. The van der Waals surface area contributed by atoms with Crippen LogP contribution in [0.15, 0.2) is 0 Å². The van der Waals surface area contributed by atoms with Gasteiger partial charge in [-0.25, -0.2) is 0 Å². The van der Waals surface area contributed by atoms with Crippen LogP contribution >= 0.6 is 11.8 Å². The molecule has 17 heavy (non-hydrogen) atoms. The maximum Gasteiger partial charge on any atom is 0.226 e. The molecule has 0 aromatic carbocycles. The number of nitrogens with zero attached hydrogens (tertiary/aromatic N) is 1. The summed E-state index contributed by atoms with van der Waals surface area (Å²) in [6, 6.07) is 0.853. The van der Waals surface area contributed by atoms with Gasteiger partial charge in [0.05, 0.1) is 0 Å². The Bertz CT molecular complexity index is 258. The van der Waals surface area contributed by atoms with Gasteiger partial charge in [-0.05, 0) is 45.4 Å². The summed E-state index contributed by atoms with van der Waals surface area (Å²) in [6.07, 6.45) is 3.55. The molecule has 0 spiro atoms. The van der Waals surface area contributed by atoms with Crippen LogP contribution in [0, 0.1) is 5.92 Å². The monoisotopic (exact) mass is 256 g/mol. The van der Waals surface area contributed by atoms with Crippen molar-refractivity contribution >= 4 is 17.7 Å². The summed E-state index contributed by atoms with van der Waals surface area (Å²) in [5, 5.41) is 3.49. The predicted octanol–water partition coefficient (Wildman–Crippen LogP) is 1.73. The van der Waals surface area contributed by atoms with Crippen molar-refractivity contribution < 1.29 is 4.79 Å². The molecule has 0 saturated carbocycles. The standard InChI is InChI=1S/C13H24N2OS/c1-10(2)15(8-12-4-3-6-14-12)13(16)11-5-7-17-9-11/h10-12,14H,3-9H2,1-2H3. The van der Waals surface area contributed by atoms with Gasteiger partial charge >= 0.3 is 0 Å². The molecule has 98 valence electrons. The van der Waals surface area contributed by atoms with E-state index in [1.165, 1.54) is 12.8 Å². The Balaban J connectivity index is 1.92. The van der Waals surface area contributed by atoms with Gasteiger partial charge in [0.1, 0.15) is 0 Å². The third-order valence-corrected chi connectivity index (χ3v) is 4.93. The number of hydrogen-bond donors (Lipinski definition) is 1. The fourth-order valence-corrected chi connectivity index (χ4v) is 3.88. The number of amides is 1. The van der Waals surface area contributed by atoms with Crippen LogP contribution in [0.1, 0.15) is 33.1 Å². The summed E-state index contributed by atoms with van der Waals surface area (Å²) in [4.78, 5) is 14.6. The van der Waals surface area contributed by atoms with Crippen LogP contribution in [-0.2, 0) is 4.79 Å². The molecule has 0 aromatic rings. The van der Waals surface area contributed by atoms with Gasteiger partial charge in [-0.3, -0.25) is 4.79 Å². The Morgan fingerprint density at radius 2 is 2.29 bits per heavy atom. The number of nitrogens with one attached hydrogen (secondary N) is 1. The molecule has 2 unspecified atom stereocenters. The van der Waals surface area contributed by atoms with Crippen molar-refractivity contribution in [1.29, 1.82) is 0 Å². The molecule has 0 radical (unpaired) electrons. The molecule has 2 saturated heterocycles. The number of rotatable bonds is 4. The van der Waals surface area contributed by atoms with Gasteiger partial charge < -0.3 is 10.2 Å². The molecular weight excluding hydrogens is 232 g/mol. The largest absolute Gasteiger partial charge is 0.338 e. The molecular formula is C13H24N2OS. The van der Waals surface area contributed by atoms with E-state index in [1.54, 1.807) is 0 Å². The zero-order chi connectivity index (χ0) is 12.3. The SMILES string of the molecule is CC(C)N(CC1CCCN1)C(=O)C1CCSC1. The number of carbonyl (C=O) groups is 1. The summed E-state index contributed by atoms with van der Waals surface area (Å²) in [6.45, 7) is 6.28. The highest BCUT2D eigenvalue weighted by Gasteiger charge is 2.30. The maximum absolute atomic E-state index is 12.5. The molecule has 0 aliphatic carbocycles. The highest BCUT2D eigenvalue weighted by Crippen LogP contribution is 2.26. The Morgan fingerprint density at radius 3 is 2.82 bits per heavy atom. The Kier molecular flexibility index (Phi) is 4.74. The van der Waals surface area contributed by atoms with Crippen molar-refractivity contribution in [2.45, 2.75) is 45.2 Å². The van der Waals surface area contributed by atoms with E-state index in [9.17, 15) is 4.79 Å². The van der Waals surface area contributed by atoms with E-state index in [0.29, 0.717) is 18.0 Å². The fourth-order valence-electron chi connectivity index (χ4n) is 2.67. The van der Waals surface area contributed by atoms with E-state index in [0.717, 1.165) is 31.0 Å². The first kappa shape index (κ1) is 13.2. The molecule has 2 atom stereocenters. The third-order valence-electron chi connectivity index (χ3n) is 3.76. The lowest BCUT2D eigenvalue weighted by atomic mass is 10.1. The molecule has 2 rings (SSSR count). The average molecular weight is 256 g/mol. The van der Waals surface area contributed by atoms with Gasteiger partial charge in [0.25, 0.3) is 0 Å².